The minimum atomic E-state index is -0.959. The minimum absolute atomic E-state index is 0.237. The molecule has 4 N–H and O–H groups in total. The third-order valence-electron chi connectivity index (χ3n) is 3.21. The molecule has 0 bridgehead atoms. The number of carboxylic acids is 1. The van der Waals surface area contributed by atoms with Crippen LogP contribution in [-0.4, -0.2) is 23.1 Å². The summed E-state index contributed by atoms with van der Waals surface area (Å²) in [5, 5.41) is 12.2. The van der Waals surface area contributed by atoms with Crippen molar-refractivity contribution in [1.29, 1.82) is 0 Å². The van der Waals surface area contributed by atoms with Gasteiger partial charge in [0.1, 0.15) is 5.82 Å². The highest BCUT2D eigenvalue weighted by atomic mass is 16.4. The fraction of sp³-hybridized carbons (Fsp3) is 0.500. The average Bonchev–Trinajstić information content (AvgIpc) is 2.52. The van der Waals surface area contributed by atoms with Crippen molar-refractivity contribution < 1.29 is 9.90 Å². The number of carbonyl (C=O) groups is 1. The van der Waals surface area contributed by atoms with Crippen molar-refractivity contribution in [2.45, 2.75) is 32.1 Å². The van der Waals surface area contributed by atoms with Crippen molar-refractivity contribution in [3.63, 3.8) is 0 Å². The van der Waals surface area contributed by atoms with Crippen molar-refractivity contribution in [3.05, 3.63) is 16.8 Å². The summed E-state index contributed by atoms with van der Waals surface area (Å²) in [5.41, 5.74) is 8.06. The maximum absolute atomic E-state index is 11.3. The summed E-state index contributed by atoms with van der Waals surface area (Å²) in [7, 11) is 1.70. The number of anilines is 2. The molecule has 0 radical (unpaired) electrons. The van der Waals surface area contributed by atoms with Crippen LogP contribution in [0.1, 0.15) is 40.9 Å². The fourth-order valence-electron chi connectivity index (χ4n) is 2.37. The number of aromatic carboxylic acids is 1. The predicted molar refractivity (Wildman–Crippen MR) is 66.4 cm³/mol. The van der Waals surface area contributed by atoms with Gasteiger partial charge in [-0.05, 0) is 31.2 Å². The van der Waals surface area contributed by atoms with Gasteiger partial charge in [-0.1, -0.05) is 6.42 Å². The SMILES string of the molecule is CNc1nc2c(c(C(=O)O)c1N)CCCCC2. The lowest BCUT2D eigenvalue weighted by molar-refractivity contribution is 0.0696. The number of carboxylic acid groups (broad SMARTS) is 1. The van der Waals surface area contributed by atoms with Crippen LogP contribution >= 0.6 is 0 Å². The van der Waals surface area contributed by atoms with Gasteiger partial charge in [0.25, 0.3) is 0 Å². The second-order valence-corrected chi connectivity index (χ2v) is 4.29. The number of hydrogen-bond donors (Lipinski definition) is 3. The average molecular weight is 235 g/mol. The molecule has 0 fully saturated rings. The Kier molecular flexibility index (Phi) is 3.17. The van der Waals surface area contributed by atoms with Gasteiger partial charge in [0.2, 0.25) is 0 Å². The van der Waals surface area contributed by atoms with Gasteiger partial charge < -0.3 is 16.2 Å². The Hall–Kier alpha value is -1.78. The standard InChI is InChI=1S/C12H17N3O2/c1-14-11-10(13)9(12(16)17)7-5-3-2-4-6-8(7)15-11/h2-6,13H2,1H3,(H,14,15)(H,16,17). The van der Waals surface area contributed by atoms with E-state index in [0.29, 0.717) is 5.82 Å². The quantitative estimate of drug-likeness (QED) is 0.679. The molecule has 2 rings (SSSR count). The summed E-state index contributed by atoms with van der Waals surface area (Å²) in [6.07, 6.45) is 4.78. The van der Waals surface area contributed by atoms with E-state index in [1.54, 1.807) is 7.05 Å². The summed E-state index contributed by atoms with van der Waals surface area (Å²) in [5.74, 6) is -0.484. The number of pyridine rings is 1. The number of rotatable bonds is 2. The van der Waals surface area contributed by atoms with Gasteiger partial charge in [0.15, 0.2) is 0 Å². The molecular formula is C12H17N3O2. The Labute approximate surface area is 100 Å². The number of fused-ring (bicyclic) bond motifs is 1. The monoisotopic (exact) mass is 235 g/mol. The first-order valence-electron chi connectivity index (χ1n) is 5.87. The molecule has 5 nitrogen and oxygen atoms in total. The third kappa shape index (κ3) is 2.05. The molecule has 92 valence electrons. The summed E-state index contributed by atoms with van der Waals surface area (Å²) < 4.78 is 0. The molecule has 0 unspecified atom stereocenters. The van der Waals surface area contributed by atoms with Crippen molar-refractivity contribution in [1.82, 2.24) is 4.98 Å². The molecule has 1 aliphatic rings. The van der Waals surface area contributed by atoms with E-state index in [0.717, 1.165) is 43.4 Å². The highest BCUT2D eigenvalue weighted by Crippen LogP contribution is 2.30. The van der Waals surface area contributed by atoms with Crippen LogP contribution in [0, 0.1) is 0 Å². The van der Waals surface area contributed by atoms with Crippen LogP contribution in [0.4, 0.5) is 11.5 Å². The molecule has 0 spiro atoms. The Morgan fingerprint density at radius 2 is 2.06 bits per heavy atom. The van der Waals surface area contributed by atoms with Crippen LogP contribution < -0.4 is 11.1 Å². The highest BCUT2D eigenvalue weighted by molar-refractivity contribution is 5.98. The van der Waals surface area contributed by atoms with Crippen LogP contribution in [0.15, 0.2) is 0 Å². The largest absolute Gasteiger partial charge is 0.478 e. The highest BCUT2D eigenvalue weighted by Gasteiger charge is 2.23. The van der Waals surface area contributed by atoms with E-state index in [-0.39, 0.29) is 11.3 Å². The number of nitrogens with zero attached hydrogens (tertiary/aromatic N) is 1. The number of nitrogens with one attached hydrogen (secondary N) is 1. The first-order chi connectivity index (χ1) is 8.15. The molecule has 1 aromatic rings. The summed E-state index contributed by atoms with van der Waals surface area (Å²) in [6, 6.07) is 0. The van der Waals surface area contributed by atoms with Crippen molar-refractivity contribution >= 4 is 17.5 Å². The van der Waals surface area contributed by atoms with Crippen LogP contribution in [0.2, 0.25) is 0 Å². The maximum atomic E-state index is 11.3. The molecule has 17 heavy (non-hydrogen) atoms. The molecule has 1 aliphatic carbocycles. The van der Waals surface area contributed by atoms with Gasteiger partial charge in [-0.3, -0.25) is 0 Å². The van der Waals surface area contributed by atoms with E-state index in [2.05, 4.69) is 10.3 Å². The van der Waals surface area contributed by atoms with E-state index in [1.807, 2.05) is 0 Å². The van der Waals surface area contributed by atoms with Crippen molar-refractivity contribution in [2.24, 2.45) is 0 Å². The molecule has 1 aromatic heterocycles. The van der Waals surface area contributed by atoms with E-state index < -0.39 is 5.97 Å². The number of nitrogen functional groups attached to an aromatic ring is 1. The molecular weight excluding hydrogens is 218 g/mol. The van der Waals surface area contributed by atoms with Crippen LogP contribution in [0.3, 0.4) is 0 Å². The van der Waals surface area contributed by atoms with Crippen LogP contribution in [-0.2, 0) is 12.8 Å². The molecule has 0 atom stereocenters. The zero-order valence-corrected chi connectivity index (χ0v) is 9.92. The Balaban J connectivity index is 2.64. The summed E-state index contributed by atoms with van der Waals surface area (Å²) >= 11 is 0. The Morgan fingerprint density at radius 1 is 1.35 bits per heavy atom. The molecule has 0 aliphatic heterocycles. The molecule has 0 saturated carbocycles. The van der Waals surface area contributed by atoms with Gasteiger partial charge in [0.05, 0.1) is 11.3 Å². The van der Waals surface area contributed by atoms with E-state index >= 15 is 0 Å². The topological polar surface area (TPSA) is 88.2 Å². The Morgan fingerprint density at radius 3 is 2.71 bits per heavy atom. The second-order valence-electron chi connectivity index (χ2n) is 4.29. The van der Waals surface area contributed by atoms with Gasteiger partial charge >= 0.3 is 5.97 Å². The molecule has 0 amide bonds. The predicted octanol–water partition coefficient (Wildman–Crippen LogP) is 1.67. The molecule has 0 saturated heterocycles. The van der Waals surface area contributed by atoms with E-state index in [9.17, 15) is 9.90 Å². The van der Waals surface area contributed by atoms with Crippen LogP contribution in [0.5, 0.6) is 0 Å². The Bertz CT molecular complexity index is 458. The van der Waals surface area contributed by atoms with E-state index in [1.165, 1.54) is 0 Å². The first-order valence-corrected chi connectivity index (χ1v) is 5.87. The van der Waals surface area contributed by atoms with Gasteiger partial charge in [0, 0.05) is 12.7 Å². The number of hydrogen-bond acceptors (Lipinski definition) is 4. The zero-order valence-electron chi connectivity index (χ0n) is 9.92. The molecule has 0 aromatic carbocycles. The number of aryl methyl sites for hydroxylation is 1. The fourth-order valence-corrected chi connectivity index (χ4v) is 2.37. The van der Waals surface area contributed by atoms with Gasteiger partial charge in [-0.25, -0.2) is 9.78 Å². The lowest BCUT2D eigenvalue weighted by Gasteiger charge is -2.15. The van der Waals surface area contributed by atoms with Crippen LogP contribution in [0.25, 0.3) is 0 Å². The first kappa shape index (κ1) is 11.7. The maximum Gasteiger partial charge on any atom is 0.338 e. The smallest absolute Gasteiger partial charge is 0.338 e. The van der Waals surface area contributed by atoms with Crippen molar-refractivity contribution in [3.8, 4) is 0 Å². The van der Waals surface area contributed by atoms with Crippen molar-refractivity contribution in [2.75, 3.05) is 18.1 Å². The molecule has 5 heteroatoms. The summed E-state index contributed by atoms with van der Waals surface area (Å²) in [4.78, 5) is 15.8. The third-order valence-corrected chi connectivity index (χ3v) is 3.21. The van der Waals surface area contributed by atoms with E-state index in [4.69, 9.17) is 5.73 Å². The number of aromatic nitrogens is 1. The number of nitrogens with two attached hydrogens (primary N) is 1. The lowest BCUT2D eigenvalue weighted by Crippen LogP contribution is -2.14. The lowest BCUT2D eigenvalue weighted by atomic mass is 10.00. The summed E-state index contributed by atoms with van der Waals surface area (Å²) in [6.45, 7) is 0. The van der Waals surface area contributed by atoms with Gasteiger partial charge in [-0.2, -0.15) is 0 Å². The molecule has 1 heterocycles. The zero-order chi connectivity index (χ0) is 12.4. The normalized spacial score (nSPS) is 14.9. The second kappa shape index (κ2) is 4.61. The van der Waals surface area contributed by atoms with Gasteiger partial charge in [-0.15, -0.1) is 0 Å². The minimum Gasteiger partial charge on any atom is -0.478 e.